The Labute approximate surface area is 105 Å². The van der Waals surface area contributed by atoms with Crippen molar-refractivity contribution in [2.24, 2.45) is 0 Å². The topological polar surface area (TPSA) is 81.2 Å². The van der Waals surface area contributed by atoms with Gasteiger partial charge < -0.3 is 11.1 Å². The molecule has 0 atom stereocenters. The van der Waals surface area contributed by atoms with Gasteiger partial charge in [-0.25, -0.2) is 0 Å². The van der Waals surface area contributed by atoms with Crippen molar-refractivity contribution in [2.45, 2.75) is 18.6 Å². The minimum Gasteiger partial charge on any atom is -0.393 e. The molecule has 0 aliphatic rings. The van der Waals surface area contributed by atoms with Crippen LogP contribution < -0.4 is 11.1 Å². The highest BCUT2D eigenvalue weighted by Crippen LogP contribution is 2.26. The van der Waals surface area contributed by atoms with E-state index in [4.69, 9.17) is 5.73 Å². The first-order chi connectivity index (χ1) is 7.85. The van der Waals surface area contributed by atoms with Crippen LogP contribution in [-0.4, -0.2) is 22.5 Å². The van der Waals surface area contributed by atoms with E-state index >= 15 is 0 Å². The summed E-state index contributed by atoms with van der Waals surface area (Å²) in [6, 6.07) is 4.68. The fourth-order valence-corrected chi connectivity index (χ4v) is 1.43. The van der Waals surface area contributed by atoms with Crippen LogP contribution in [0.15, 0.2) is 18.2 Å². The summed E-state index contributed by atoms with van der Waals surface area (Å²) in [5, 5.41) is 13.8. The Morgan fingerprint density at radius 2 is 2.18 bits per heavy atom. The van der Waals surface area contributed by atoms with E-state index in [0.717, 1.165) is 12.2 Å². The zero-order valence-electron chi connectivity index (χ0n) is 10.2. The van der Waals surface area contributed by atoms with Crippen LogP contribution in [0.25, 0.3) is 0 Å². The Hall–Kier alpha value is -1.43. The van der Waals surface area contributed by atoms with Gasteiger partial charge in [-0.2, -0.15) is 11.8 Å². The van der Waals surface area contributed by atoms with Crippen molar-refractivity contribution < 1.29 is 4.92 Å². The van der Waals surface area contributed by atoms with Crippen LogP contribution in [0.3, 0.4) is 0 Å². The van der Waals surface area contributed by atoms with Crippen molar-refractivity contribution in [3.63, 3.8) is 0 Å². The molecule has 0 bridgehead atoms. The summed E-state index contributed by atoms with van der Waals surface area (Å²) in [5.74, 6) is 0. The van der Waals surface area contributed by atoms with E-state index in [9.17, 15) is 10.1 Å². The maximum Gasteiger partial charge on any atom is 0.292 e. The summed E-state index contributed by atoms with van der Waals surface area (Å²) in [7, 11) is 0. The molecule has 5 nitrogen and oxygen atoms in total. The van der Waals surface area contributed by atoms with E-state index in [1.807, 2.05) is 6.26 Å². The number of benzene rings is 1. The molecule has 0 fully saturated rings. The first-order valence-electron chi connectivity index (χ1n) is 5.18. The maximum absolute atomic E-state index is 10.6. The number of nitro benzene ring substituents is 1. The van der Waals surface area contributed by atoms with E-state index in [1.165, 1.54) is 6.07 Å². The number of nitrogen functional groups attached to an aromatic ring is 1. The molecule has 0 unspecified atom stereocenters. The third kappa shape index (κ3) is 3.81. The molecule has 0 radical (unpaired) electrons. The summed E-state index contributed by atoms with van der Waals surface area (Å²) in [5.41, 5.74) is 6.53. The molecule has 0 aliphatic carbocycles. The minimum absolute atomic E-state index is 0.0559. The highest BCUT2D eigenvalue weighted by molar-refractivity contribution is 7.99. The van der Waals surface area contributed by atoms with Crippen molar-refractivity contribution in [3.8, 4) is 0 Å². The molecule has 0 amide bonds. The molecule has 17 heavy (non-hydrogen) atoms. The molecule has 6 heteroatoms. The van der Waals surface area contributed by atoms with Gasteiger partial charge in [-0.1, -0.05) is 0 Å². The van der Waals surface area contributed by atoms with Crippen LogP contribution >= 0.6 is 11.8 Å². The van der Waals surface area contributed by atoms with Gasteiger partial charge in [0.2, 0.25) is 0 Å². The lowest BCUT2D eigenvalue weighted by molar-refractivity contribution is -0.383. The molecular weight excluding hydrogens is 238 g/mol. The van der Waals surface area contributed by atoms with Crippen LogP contribution in [0, 0.1) is 10.1 Å². The first kappa shape index (κ1) is 13.6. The van der Waals surface area contributed by atoms with Crippen LogP contribution in [0.5, 0.6) is 0 Å². The number of hydrogen-bond donors (Lipinski definition) is 2. The number of rotatable bonds is 5. The number of nitrogens with zero attached hydrogens (tertiary/aromatic N) is 1. The number of anilines is 2. The summed E-state index contributed by atoms with van der Waals surface area (Å²) in [6.45, 7) is 5.02. The van der Waals surface area contributed by atoms with Gasteiger partial charge >= 0.3 is 0 Å². The van der Waals surface area contributed by atoms with E-state index in [1.54, 1.807) is 23.9 Å². The summed E-state index contributed by atoms with van der Waals surface area (Å²) in [4.78, 5) is 10.1. The lowest BCUT2D eigenvalue weighted by Crippen LogP contribution is -2.25. The molecule has 0 aliphatic heterocycles. The third-order valence-electron chi connectivity index (χ3n) is 2.50. The Morgan fingerprint density at radius 1 is 1.53 bits per heavy atom. The monoisotopic (exact) mass is 255 g/mol. The summed E-state index contributed by atoms with van der Waals surface area (Å²) < 4.78 is 0.108. The smallest absolute Gasteiger partial charge is 0.292 e. The highest BCUT2D eigenvalue weighted by atomic mass is 32.2. The van der Waals surface area contributed by atoms with Gasteiger partial charge in [0.15, 0.2) is 0 Å². The van der Waals surface area contributed by atoms with Gasteiger partial charge in [0, 0.05) is 23.0 Å². The Balaban J connectivity index is 2.75. The maximum atomic E-state index is 10.6. The number of nitrogens with two attached hydrogens (primary N) is 1. The molecule has 3 N–H and O–H groups in total. The quantitative estimate of drug-likeness (QED) is 0.480. The summed E-state index contributed by atoms with van der Waals surface area (Å²) >= 11 is 1.76. The average molecular weight is 255 g/mol. The Morgan fingerprint density at radius 3 is 2.65 bits per heavy atom. The van der Waals surface area contributed by atoms with Gasteiger partial charge in [0.05, 0.1) is 4.92 Å². The number of nitrogens with one attached hydrogen (secondary N) is 1. The number of hydrogen-bond acceptors (Lipinski definition) is 5. The zero-order chi connectivity index (χ0) is 13.1. The third-order valence-corrected chi connectivity index (χ3v) is 3.74. The fraction of sp³-hybridized carbons (Fsp3) is 0.455. The molecule has 0 spiro atoms. The van der Waals surface area contributed by atoms with Crippen molar-refractivity contribution in [1.82, 2.24) is 0 Å². The molecule has 0 heterocycles. The van der Waals surface area contributed by atoms with Gasteiger partial charge in [0.1, 0.15) is 5.69 Å². The second-order valence-electron chi connectivity index (χ2n) is 4.35. The largest absolute Gasteiger partial charge is 0.393 e. The molecule has 0 aromatic heterocycles. The van der Waals surface area contributed by atoms with Crippen LogP contribution in [0.1, 0.15) is 13.8 Å². The SMILES string of the molecule is CSC(C)(C)CNc1ccc([N+](=O)[O-])c(N)c1. The standard InChI is InChI=1S/C11H17N3O2S/c1-11(2,17-3)7-13-8-4-5-10(14(15)16)9(12)6-8/h4-6,13H,7,12H2,1-3H3. The Bertz CT molecular complexity index is 421. The number of thioether (sulfide) groups is 1. The molecule has 94 valence electrons. The van der Waals surface area contributed by atoms with Gasteiger partial charge in [-0.15, -0.1) is 0 Å². The molecule has 1 aromatic rings. The van der Waals surface area contributed by atoms with Crippen LogP contribution in [0.2, 0.25) is 0 Å². The number of nitro groups is 1. The lowest BCUT2D eigenvalue weighted by atomic mass is 10.2. The summed E-state index contributed by atoms with van der Waals surface area (Å²) in [6.07, 6.45) is 2.05. The molecular formula is C11H17N3O2S. The van der Waals surface area contributed by atoms with Gasteiger partial charge in [-0.05, 0) is 32.2 Å². The van der Waals surface area contributed by atoms with Crippen molar-refractivity contribution in [1.29, 1.82) is 0 Å². The van der Waals surface area contributed by atoms with E-state index in [-0.39, 0.29) is 16.1 Å². The molecule has 1 aromatic carbocycles. The minimum atomic E-state index is -0.481. The zero-order valence-corrected chi connectivity index (χ0v) is 11.0. The highest BCUT2D eigenvalue weighted by Gasteiger charge is 2.16. The predicted octanol–water partition coefficient (Wildman–Crippen LogP) is 2.73. The van der Waals surface area contributed by atoms with E-state index in [2.05, 4.69) is 19.2 Å². The average Bonchev–Trinajstić information content (AvgIpc) is 2.26. The molecule has 0 saturated heterocycles. The van der Waals surface area contributed by atoms with Crippen molar-refractivity contribution in [2.75, 3.05) is 23.9 Å². The lowest BCUT2D eigenvalue weighted by Gasteiger charge is -2.23. The first-order valence-corrected chi connectivity index (χ1v) is 6.41. The van der Waals surface area contributed by atoms with Crippen molar-refractivity contribution in [3.05, 3.63) is 28.3 Å². The predicted molar refractivity (Wildman–Crippen MR) is 73.6 cm³/mol. The Kier molecular flexibility index (Phi) is 4.22. The molecule has 0 saturated carbocycles. The van der Waals surface area contributed by atoms with Crippen LogP contribution in [0.4, 0.5) is 17.1 Å². The second-order valence-corrected chi connectivity index (χ2v) is 5.86. The van der Waals surface area contributed by atoms with E-state index in [0.29, 0.717) is 0 Å². The second kappa shape index (κ2) is 5.27. The van der Waals surface area contributed by atoms with Gasteiger partial charge in [0.25, 0.3) is 5.69 Å². The molecule has 1 rings (SSSR count). The van der Waals surface area contributed by atoms with Crippen LogP contribution in [-0.2, 0) is 0 Å². The van der Waals surface area contributed by atoms with Crippen molar-refractivity contribution >= 4 is 28.8 Å². The van der Waals surface area contributed by atoms with Gasteiger partial charge in [-0.3, -0.25) is 10.1 Å². The fourth-order valence-electron chi connectivity index (χ4n) is 1.22. The normalized spacial score (nSPS) is 11.2. The van der Waals surface area contributed by atoms with E-state index < -0.39 is 4.92 Å².